The molecule has 0 radical (unpaired) electrons. The van der Waals surface area contributed by atoms with E-state index in [9.17, 15) is 10.2 Å². The Bertz CT molecular complexity index is 764. The first-order valence-electron chi connectivity index (χ1n) is 8.87. The van der Waals surface area contributed by atoms with E-state index in [-0.39, 0.29) is 29.5 Å². The minimum Gasteiger partial charge on any atom is -0.504 e. The highest BCUT2D eigenvalue weighted by Crippen LogP contribution is 2.66. The van der Waals surface area contributed by atoms with Crippen LogP contribution in [0.2, 0.25) is 0 Å². The summed E-state index contributed by atoms with van der Waals surface area (Å²) in [4.78, 5) is 2.50. The highest BCUT2D eigenvalue weighted by Gasteiger charge is 2.75. The summed E-state index contributed by atoms with van der Waals surface area (Å²) in [7, 11) is 0. The SMILES string of the molecule is C=CCN1CC[C@]23c4c5ccc(O)c4O[C@H]2[C@@H](O)[C@@H]2O[C@@H]2[C@H]3[C@H]1C5. The Balaban J connectivity index is 1.61. The van der Waals surface area contributed by atoms with Gasteiger partial charge < -0.3 is 19.7 Å². The topological polar surface area (TPSA) is 65.5 Å². The number of aliphatic hydroxyl groups excluding tert-OH is 1. The molecule has 3 aliphatic heterocycles. The number of benzene rings is 1. The molecule has 1 aromatic rings. The van der Waals surface area contributed by atoms with E-state index in [1.54, 1.807) is 6.07 Å². The molecule has 3 heterocycles. The number of epoxide rings is 1. The molecule has 24 heavy (non-hydrogen) atoms. The first kappa shape index (κ1) is 13.7. The second-order valence-electron chi connectivity index (χ2n) is 7.91. The number of hydrogen-bond acceptors (Lipinski definition) is 5. The Morgan fingerprint density at radius 1 is 1.38 bits per heavy atom. The first-order chi connectivity index (χ1) is 11.7. The Hall–Kier alpha value is -1.56. The summed E-state index contributed by atoms with van der Waals surface area (Å²) in [6.07, 6.45) is 2.93. The fourth-order valence-electron chi connectivity index (χ4n) is 6.27. The number of phenolic OH excluding ortho intramolecular Hbond substituents is 1. The molecule has 2 N–H and O–H groups in total. The third-order valence-corrected chi connectivity index (χ3v) is 7.09. The standard InChI is InChI=1S/C19H21NO4/c1-2-6-20-7-5-19-12-9-3-4-11(21)15(12)24-18(19)14(22)17-16(23-17)13(19)10(20)8-9/h2-4,10,13-14,16-18,21-22H,1,5-8H2/t10-,13-,14+,16-,17+,18+,19-/m1/s1. The number of phenols is 1. The number of nitrogens with zero attached hydrogens (tertiary/aromatic N) is 1. The van der Waals surface area contributed by atoms with Gasteiger partial charge in [0, 0.05) is 29.5 Å². The lowest BCUT2D eigenvalue weighted by molar-refractivity contribution is -0.0866. The molecule has 0 amide bonds. The van der Waals surface area contributed by atoms with Crippen molar-refractivity contribution in [3.8, 4) is 11.5 Å². The quantitative estimate of drug-likeness (QED) is 0.626. The molecule has 126 valence electrons. The highest BCUT2D eigenvalue weighted by molar-refractivity contribution is 5.61. The Kier molecular flexibility index (Phi) is 2.37. The van der Waals surface area contributed by atoms with E-state index < -0.39 is 6.10 Å². The number of ether oxygens (including phenoxy) is 2. The predicted molar refractivity (Wildman–Crippen MR) is 86.2 cm³/mol. The van der Waals surface area contributed by atoms with Crippen LogP contribution in [0.15, 0.2) is 24.8 Å². The number of rotatable bonds is 2. The smallest absolute Gasteiger partial charge is 0.165 e. The second-order valence-corrected chi connectivity index (χ2v) is 7.91. The van der Waals surface area contributed by atoms with Crippen LogP contribution in [0.1, 0.15) is 17.5 Å². The normalized spacial score (nSPS) is 46.7. The van der Waals surface area contributed by atoms with Crippen LogP contribution in [-0.4, -0.2) is 58.7 Å². The lowest BCUT2D eigenvalue weighted by atomic mass is 9.51. The third kappa shape index (κ3) is 1.32. The number of aliphatic hydroxyl groups is 1. The average Bonchev–Trinajstić information content (AvgIpc) is 3.29. The Morgan fingerprint density at radius 2 is 2.25 bits per heavy atom. The largest absolute Gasteiger partial charge is 0.504 e. The summed E-state index contributed by atoms with van der Waals surface area (Å²) in [5, 5.41) is 21.1. The van der Waals surface area contributed by atoms with Gasteiger partial charge in [0.25, 0.3) is 0 Å². The average molecular weight is 327 g/mol. The van der Waals surface area contributed by atoms with Crippen LogP contribution in [0.5, 0.6) is 11.5 Å². The summed E-state index contributed by atoms with van der Waals surface area (Å²) < 4.78 is 12.1. The van der Waals surface area contributed by atoms with Crippen LogP contribution >= 0.6 is 0 Å². The molecule has 6 rings (SSSR count). The predicted octanol–water partition coefficient (Wildman–Crippen LogP) is 0.966. The number of aromatic hydroxyl groups is 1. The number of fused-ring (bicyclic) bond motifs is 1. The molecule has 0 unspecified atom stereocenters. The number of piperidine rings is 1. The highest BCUT2D eigenvalue weighted by atomic mass is 16.6. The molecule has 5 nitrogen and oxygen atoms in total. The molecule has 5 aliphatic rings. The van der Waals surface area contributed by atoms with Crippen LogP contribution in [-0.2, 0) is 16.6 Å². The summed E-state index contributed by atoms with van der Waals surface area (Å²) in [5.74, 6) is 1.13. The van der Waals surface area contributed by atoms with Crippen LogP contribution in [0.4, 0.5) is 0 Å². The molecule has 0 aromatic heterocycles. The van der Waals surface area contributed by atoms with Gasteiger partial charge in [0.15, 0.2) is 11.5 Å². The van der Waals surface area contributed by atoms with E-state index in [4.69, 9.17) is 9.47 Å². The van der Waals surface area contributed by atoms with E-state index in [1.807, 2.05) is 12.1 Å². The molecule has 2 saturated heterocycles. The summed E-state index contributed by atoms with van der Waals surface area (Å²) >= 11 is 0. The molecular weight excluding hydrogens is 306 g/mol. The van der Waals surface area contributed by atoms with Crippen LogP contribution in [0.25, 0.3) is 0 Å². The fraction of sp³-hybridized carbons (Fsp3) is 0.579. The monoisotopic (exact) mass is 327 g/mol. The van der Waals surface area contributed by atoms with Gasteiger partial charge in [-0.3, -0.25) is 4.90 Å². The number of likely N-dealkylation sites (tertiary alicyclic amines) is 1. The molecule has 2 bridgehead atoms. The maximum atomic E-state index is 10.8. The van der Waals surface area contributed by atoms with E-state index >= 15 is 0 Å². The molecule has 1 spiro atoms. The van der Waals surface area contributed by atoms with E-state index in [2.05, 4.69) is 11.5 Å². The third-order valence-electron chi connectivity index (χ3n) is 7.09. The molecule has 7 atom stereocenters. The van der Waals surface area contributed by atoms with Crippen LogP contribution < -0.4 is 4.74 Å². The van der Waals surface area contributed by atoms with Gasteiger partial charge >= 0.3 is 0 Å². The van der Waals surface area contributed by atoms with E-state index in [0.29, 0.717) is 17.7 Å². The fourth-order valence-corrected chi connectivity index (χ4v) is 6.27. The molecule has 1 saturated carbocycles. The molecule has 5 heteroatoms. The molecule has 3 fully saturated rings. The van der Waals surface area contributed by atoms with E-state index in [1.165, 1.54) is 5.56 Å². The second kappa shape index (κ2) is 4.15. The summed E-state index contributed by atoms with van der Waals surface area (Å²) in [5.41, 5.74) is 2.19. The maximum Gasteiger partial charge on any atom is 0.165 e. The van der Waals surface area contributed by atoms with Crippen molar-refractivity contribution in [2.24, 2.45) is 5.92 Å². The van der Waals surface area contributed by atoms with Gasteiger partial charge in [-0.1, -0.05) is 12.1 Å². The first-order valence-corrected chi connectivity index (χ1v) is 8.87. The van der Waals surface area contributed by atoms with Crippen molar-refractivity contribution >= 4 is 0 Å². The van der Waals surface area contributed by atoms with Crippen molar-refractivity contribution in [3.05, 3.63) is 35.9 Å². The zero-order chi connectivity index (χ0) is 16.2. The van der Waals surface area contributed by atoms with Crippen molar-refractivity contribution in [1.29, 1.82) is 0 Å². The molecule has 2 aliphatic carbocycles. The van der Waals surface area contributed by atoms with Crippen molar-refractivity contribution in [2.45, 2.75) is 48.7 Å². The van der Waals surface area contributed by atoms with Crippen molar-refractivity contribution in [2.75, 3.05) is 13.1 Å². The molecule has 1 aromatic carbocycles. The van der Waals surface area contributed by atoms with Crippen LogP contribution in [0.3, 0.4) is 0 Å². The minimum atomic E-state index is -0.615. The van der Waals surface area contributed by atoms with Crippen LogP contribution in [0, 0.1) is 5.92 Å². The minimum absolute atomic E-state index is 0.110. The van der Waals surface area contributed by atoms with Gasteiger partial charge in [0.05, 0.1) is 6.10 Å². The van der Waals surface area contributed by atoms with E-state index in [0.717, 1.165) is 31.5 Å². The van der Waals surface area contributed by atoms with Crippen molar-refractivity contribution in [3.63, 3.8) is 0 Å². The van der Waals surface area contributed by atoms with Gasteiger partial charge in [-0.15, -0.1) is 6.58 Å². The van der Waals surface area contributed by atoms with Gasteiger partial charge in [0.2, 0.25) is 0 Å². The summed E-state index contributed by atoms with van der Waals surface area (Å²) in [6, 6.07) is 4.15. The Morgan fingerprint density at radius 3 is 3.08 bits per heavy atom. The van der Waals surface area contributed by atoms with Gasteiger partial charge in [-0.25, -0.2) is 0 Å². The Labute approximate surface area is 140 Å². The zero-order valence-electron chi connectivity index (χ0n) is 13.4. The van der Waals surface area contributed by atoms with Crippen molar-refractivity contribution in [1.82, 2.24) is 4.90 Å². The summed E-state index contributed by atoms with van der Waals surface area (Å²) in [6.45, 7) is 5.76. The lowest BCUT2D eigenvalue weighted by Crippen LogP contribution is -2.69. The van der Waals surface area contributed by atoms with Gasteiger partial charge in [-0.2, -0.15) is 0 Å². The maximum absolute atomic E-state index is 10.8. The lowest BCUT2D eigenvalue weighted by Gasteiger charge is -2.57. The van der Waals surface area contributed by atoms with Crippen molar-refractivity contribution < 1.29 is 19.7 Å². The van der Waals surface area contributed by atoms with Gasteiger partial charge in [-0.05, 0) is 31.0 Å². The molecular formula is C19H21NO4. The zero-order valence-corrected chi connectivity index (χ0v) is 13.4. The number of hydrogen-bond donors (Lipinski definition) is 2. The van der Waals surface area contributed by atoms with Gasteiger partial charge in [0.1, 0.15) is 18.3 Å².